The third kappa shape index (κ3) is 4.04. The predicted molar refractivity (Wildman–Crippen MR) is 93.6 cm³/mol. The largest absolute Gasteiger partial charge is 0.506 e. The first kappa shape index (κ1) is 16.0. The minimum Gasteiger partial charge on any atom is -0.506 e. The number of hydrogen-bond acceptors (Lipinski definition) is 4. The van der Waals surface area contributed by atoms with Crippen LogP contribution in [0.3, 0.4) is 0 Å². The molecule has 0 unspecified atom stereocenters. The normalized spacial score (nSPS) is 10.8. The Morgan fingerprint density at radius 2 is 2.00 bits per heavy atom. The van der Waals surface area contributed by atoms with Crippen molar-refractivity contribution in [1.82, 2.24) is 0 Å². The summed E-state index contributed by atoms with van der Waals surface area (Å²) in [6.45, 7) is 0. The van der Waals surface area contributed by atoms with E-state index in [4.69, 9.17) is 0 Å². The van der Waals surface area contributed by atoms with E-state index in [0.717, 1.165) is 8.04 Å². The third-order valence-corrected chi connectivity index (χ3v) is 3.98. The van der Waals surface area contributed by atoms with Crippen LogP contribution in [0.5, 0.6) is 5.75 Å². The van der Waals surface area contributed by atoms with Crippen molar-refractivity contribution in [2.24, 2.45) is 4.99 Å². The van der Waals surface area contributed by atoms with Gasteiger partial charge in [0, 0.05) is 16.3 Å². The summed E-state index contributed by atoms with van der Waals surface area (Å²) in [6.07, 6.45) is 1.58. The minimum atomic E-state index is -0.385. The van der Waals surface area contributed by atoms with Crippen LogP contribution in [-0.2, 0) is 4.74 Å². The predicted octanol–water partition coefficient (Wildman–Crippen LogP) is 4.30. The van der Waals surface area contributed by atoms with E-state index >= 15 is 0 Å². The van der Waals surface area contributed by atoms with Crippen LogP contribution >= 0.6 is 38.5 Å². The molecule has 0 aliphatic carbocycles. The molecular formula is C15H11BrINO3. The Labute approximate surface area is 144 Å². The molecule has 2 aromatic carbocycles. The molecule has 0 atom stereocenters. The van der Waals surface area contributed by atoms with E-state index in [1.165, 1.54) is 7.11 Å². The number of benzene rings is 2. The molecule has 6 heteroatoms. The second kappa shape index (κ2) is 7.04. The molecule has 0 amide bonds. The van der Waals surface area contributed by atoms with Gasteiger partial charge in [-0.05, 0) is 59.0 Å². The summed E-state index contributed by atoms with van der Waals surface area (Å²) >= 11 is 5.43. The highest BCUT2D eigenvalue weighted by Gasteiger charge is 2.06. The van der Waals surface area contributed by atoms with Gasteiger partial charge in [-0.15, -0.1) is 0 Å². The van der Waals surface area contributed by atoms with E-state index < -0.39 is 0 Å². The van der Waals surface area contributed by atoms with Gasteiger partial charge in [0.25, 0.3) is 0 Å². The van der Waals surface area contributed by atoms with Crippen LogP contribution in [0.25, 0.3) is 0 Å². The Balaban J connectivity index is 2.24. The van der Waals surface area contributed by atoms with Gasteiger partial charge in [-0.25, -0.2) is 4.79 Å². The highest BCUT2D eigenvalue weighted by molar-refractivity contribution is 14.1. The molecule has 0 fully saturated rings. The SMILES string of the molecule is COC(=O)c1ccc(N=Cc2cc(Br)cc(I)c2O)cc1. The zero-order chi connectivity index (χ0) is 15.4. The van der Waals surface area contributed by atoms with E-state index in [0.29, 0.717) is 16.8 Å². The smallest absolute Gasteiger partial charge is 0.337 e. The number of esters is 1. The summed E-state index contributed by atoms with van der Waals surface area (Å²) in [5.74, 6) is -0.196. The van der Waals surface area contributed by atoms with Crippen LogP contribution in [-0.4, -0.2) is 24.4 Å². The summed E-state index contributed by atoms with van der Waals surface area (Å²) in [7, 11) is 1.34. The number of aromatic hydroxyl groups is 1. The number of carbonyl (C=O) groups excluding carboxylic acids is 1. The molecule has 0 bridgehead atoms. The standard InChI is InChI=1S/C15H11BrINO3/c1-21-15(20)9-2-4-12(5-3-9)18-8-10-6-11(16)7-13(17)14(10)19/h2-8,19H,1H3. The number of methoxy groups -OCH3 is 1. The topological polar surface area (TPSA) is 58.9 Å². The van der Waals surface area contributed by atoms with Gasteiger partial charge < -0.3 is 9.84 Å². The maximum absolute atomic E-state index is 11.3. The van der Waals surface area contributed by atoms with Gasteiger partial charge in [-0.1, -0.05) is 15.9 Å². The number of nitrogens with zero attached hydrogens (tertiary/aromatic N) is 1. The Morgan fingerprint density at radius 1 is 1.33 bits per heavy atom. The molecular weight excluding hydrogens is 449 g/mol. The van der Waals surface area contributed by atoms with Crippen molar-refractivity contribution in [1.29, 1.82) is 0 Å². The first-order valence-electron chi connectivity index (χ1n) is 5.91. The average Bonchev–Trinajstić information content (AvgIpc) is 2.49. The summed E-state index contributed by atoms with van der Waals surface area (Å²) in [5.41, 5.74) is 1.76. The van der Waals surface area contributed by atoms with E-state index in [-0.39, 0.29) is 11.7 Å². The molecule has 1 N–H and O–H groups in total. The molecule has 0 aliphatic rings. The van der Waals surface area contributed by atoms with Crippen LogP contribution in [0.15, 0.2) is 45.9 Å². The van der Waals surface area contributed by atoms with Crippen LogP contribution in [0.4, 0.5) is 5.69 Å². The maximum Gasteiger partial charge on any atom is 0.337 e. The molecule has 0 aromatic heterocycles. The van der Waals surface area contributed by atoms with Gasteiger partial charge in [0.2, 0.25) is 0 Å². The maximum atomic E-state index is 11.3. The summed E-state index contributed by atoms with van der Waals surface area (Å²) in [4.78, 5) is 15.6. The molecule has 0 saturated heterocycles. The molecule has 2 aromatic rings. The van der Waals surface area contributed by atoms with Gasteiger partial charge in [0.1, 0.15) is 5.75 Å². The van der Waals surface area contributed by atoms with Crippen molar-refractivity contribution in [2.75, 3.05) is 7.11 Å². The fourth-order valence-corrected chi connectivity index (χ4v) is 3.18. The molecule has 0 saturated carbocycles. The molecule has 0 heterocycles. The minimum absolute atomic E-state index is 0.189. The van der Waals surface area contributed by atoms with Crippen LogP contribution in [0.2, 0.25) is 0 Å². The lowest BCUT2D eigenvalue weighted by atomic mass is 10.2. The lowest BCUT2D eigenvalue weighted by Gasteiger charge is -2.03. The quantitative estimate of drug-likeness (QED) is 0.423. The fraction of sp³-hybridized carbons (Fsp3) is 0.0667. The molecule has 4 nitrogen and oxygen atoms in total. The molecule has 0 spiro atoms. The number of ether oxygens (including phenoxy) is 1. The molecule has 108 valence electrons. The zero-order valence-electron chi connectivity index (χ0n) is 11.0. The van der Waals surface area contributed by atoms with Crippen molar-refractivity contribution in [2.45, 2.75) is 0 Å². The molecule has 2 rings (SSSR count). The van der Waals surface area contributed by atoms with Gasteiger partial charge in [0.15, 0.2) is 0 Å². The third-order valence-electron chi connectivity index (χ3n) is 2.70. The Morgan fingerprint density at radius 3 is 2.62 bits per heavy atom. The van der Waals surface area contributed by atoms with Crippen molar-refractivity contribution in [3.8, 4) is 5.75 Å². The Bertz CT molecular complexity index is 699. The van der Waals surface area contributed by atoms with Gasteiger partial charge in [0.05, 0.1) is 21.9 Å². The second-order valence-electron chi connectivity index (χ2n) is 4.12. The highest BCUT2D eigenvalue weighted by Crippen LogP contribution is 2.28. The van der Waals surface area contributed by atoms with Gasteiger partial charge in [-0.2, -0.15) is 0 Å². The number of rotatable bonds is 3. The highest BCUT2D eigenvalue weighted by atomic mass is 127. The summed E-state index contributed by atoms with van der Waals surface area (Å²) < 4.78 is 6.24. The van der Waals surface area contributed by atoms with Crippen molar-refractivity contribution < 1.29 is 14.6 Å². The van der Waals surface area contributed by atoms with Crippen molar-refractivity contribution >= 4 is 56.4 Å². The van der Waals surface area contributed by atoms with E-state index in [1.807, 2.05) is 6.07 Å². The lowest BCUT2D eigenvalue weighted by molar-refractivity contribution is 0.0601. The zero-order valence-corrected chi connectivity index (χ0v) is 14.8. The first-order valence-corrected chi connectivity index (χ1v) is 7.79. The first-order chi connectivity index (χ1) is 10.0. The Kier molecular flexibility index (Phi) is 5.35. The molecule has 21 heavy (non-hydrogen) atoms. The number of phenols is 1. The molecule has 0 radical (unpaired) electrons. The molecule has 0 aliphatic heterocycles. The van der Waals surface area contributed by atoms with Crippen molar-refractivity contribution in [3.05, 3.63) is 55.6 Å². The number of carbonyl (C=O) groups is 1. The van der Waals surface area contributed by atoms with Crippen LogP contribution in [0.1, 0.15) is 15.9 Å². The van der Waals surface area contributed by atoms with Crippen LogP contribution in [0, 0.1) is 3.57 Å². The van der Waals surface area contributed by atoms with Gasteiger partial charge >= 0.3 is 5.97 Å². The van der Waals surface area contributed by atoms with Gasteiger partial charge in [-0.3, -0.25) is 4.99 Å². The summed E-state index contributed by atoms with van der Waals surface area (Å²) in [5, 5.41) is 9.97. The monoisotopic (exact) mass is 459 g/mol. The lowest BCUT2D eigenvalue weighted by Crippen LogP contribution is -1.99. The van der Waals surface area contributed by atoms with E-state index in [2.05, 4.69) is 48.3 Å². The number of halogens is 2. The number of phenolic OH excluding ortho intramolecular Hbond substituents is 1. The average molecular weight is 460 g/mol. The fourth-order valence-electron chi connectivity index (χ4n) is 1.63. The number of aliphatic imine (C=N–C) groups is 1. The van der Waals surface area contributed by atoms with Crippen LogP contribution < -0.4 is 0 Å². The number of hydrogen-bond donors (Lipinski definition) is 1. The second-order valence-corrected chi connectivity index (χ2v) is 6.20. The van der Waals surface area contributed by atoms with Crippen molar-refractivity contribution in [3.63, 3.8) is 0 Å². The van der Waals surface area contributed by atoms with E-state index in [9.17, 15) is 9.90 Å². The summed E-state index contributed by atoms with van der Waals surface area (Å²) in [6, 6.07) is 10.3. The Hall–Kier alpha value is -1.41. The van der Waals surface area contributed by atoms with E-state index in [1.54, 1.807) is 36.5 Å².